The second-order valence-electron chi connectivity index (χ2n) is 4.72. The number of halogens is 1. The summed E-state index contributed by atoms with van der Waals surface area (Å²) < 4.78 is 0. The molecule has 0 aromatic heterocycles. The van der Waals surface area contributed by atoms with Crippen LogP contribution in [0.15, 0.2) is 24.3 Å². The lowest BCUT2D eigenvalue weighted by atomic mass is 9.89. The van der Waals surface area contributed by atoms with E-state index in [2.05, 4.69) is 13.8 Å². The van der Waals surface area contributed by atoms with E-state index in [1.54, 1.807) is 0 Å². The van der Waals surface area contributed by atoms with Crippen molar-refractivity contribution >= 4 is 11.6 Å². The molecular weight excluding hydrogens is 208 g/mol. The van der Waals surface area contributed by atoms with Gasteiger partial charge in [-0.3, -0.25) is 0 Å². The number of hydrogen-bond donors (Lipinski definition) is 1. The smallest absolute Gasteiger partial charge is 0.0869 e. The van der Waals surface area contributed by atoms with E-state index in [0.29, 0.717) is 10.9 Å². The molecule has 0 spiro atoms. The van der Waals surface area contributed by atoms with Crippen LogP contribution in [0.3, 0.4) is 0 Å². The van der Waals surface area contributed by atoms with Crippen molar-refractivity contribution in [3.05, 3.63) is 34.9 Å². The number of hydrogen-bond acceptors (Lipinski definition) is 1. The molecule has 0 fully saturated rings. The van der Waals surface area contributed by atoms with Gasteiger partial charge in [0.05, 0.1) is 5.60 Å². The van der Waals surface area contributed by atoms with Gasteiger partial charge in [-0.1, -0.05) is 37.6 Å². The van der Waals surface area contributed by atoms with Gasteiger partial charge in [-0.05, 0) is 43.4 Å². The molecule has 0 amide bonds. The highest BCUT2D eigenvalue weighted by atomic mass is 35.5. The van der Waals surface area contributed by atoms with Crippen LogP contribution in [0.2, 0.25) is 5.02 Å². The maximum Gasteiger partial charge on any atom is 0.0869 e. The van der Waals surface area contributed by atoms with E-state index in [4.69, 9.17) is 11.6 Å². The van der Waals surface area contributed by atoms with Gasteiger partial charge in [0.2, 0.25) is 0 Å². The van der Waals surface area contributed by atoms with Gasteiger partial charge in [0.15, 0.2) is 0 Å². The first kappa shape index (κ1) is 12.5. The van der Waals surface area contributed by atoms with E-state index >= 15 is 0 Å². The minimum absolute atomic E-state index is 0.607. The summed E-state index contributed by atoms with van der Waals surface area (Å²) in [6, 6.07) is 7.46. The Hall–Kier alpha value is -0.530. The Morgan fingerprint density at radius 3 is 2.60 bits per heavy atom. The van der Waals surface area contributed by atoms with Gasteiger partial charge in [0.25, 0.3) is 0 Å². The summed E-state index contributed by atoms with van der Waals surface area (Å²) in [4.78, 5) is 0. The summed E-state index contributed by atoms with van der Waals surface area (Å²) in [6.45, 7) is 6.17. The Morgan fingerprint density at radius 2 is 2.07 bits per heavy atom. The van der Waals surface area contributed by atoms with Crippen LogP contribution in [-0.2, 0) is 5.60 Å². The van der Waals surface area contributed by atoms with Crippen molar-refractivity contribution in [2.75, 3.05) is 0 Å². The van der Waals surface area contributed by atoms with Crippen LogP contribution in [0.4, 0.5) is 0 Å². The second kappa shape index (κ2) is 5.00. The fraction of sp³-hybridized carbons (Fsp3) is 0.538. The minimum atomic E-state index is -0.769. The van der Waals surface area contributed by atoms with E-state index < -0.39 is 5.60 Å². The molecule has 0 heterocycles. The van der Waals surface area contributed by atoms with Crippen LogP contribution in [-0.4, -0.2) is 5.11 Å². The molecule has 0 radical (unpaired) electrons. The van der Waals surface area contributed by atoms with Gasteiger partial charge in [-0.15, -0.1) is 0 Å². The molecule has 1 unspecified atom stereocenters. The summed E-state index contributed by atoms with van der Waals surface area (Å²) >= 11 is 5.90. The molecule has 84 valence electrons. The third-order valence-electron chi connectivity index (χ3n) is 2.66. The standard InChI is InChI=1S/C13H19ClO/c1-10(2)7-8-13(3,15)11-5-4-6-12(14)9-11/h4-6,9-10,15H,7-8H2,1-3H3. The molecule has 0 aliphatic heterocycles. The van der Waals surface area contributed by atoms with Crippen LogP contribution in [0.25, 0.3) is 0 Å². The zero-order valence-electron chi connectivity index (χ0n) is 9.63. The molecule has 1 rings (SSSR count). The Morgan fingerprint density at radius 1 is 1.40 bits per heavy atom. The lowest BCUT2D eigenvalue weighted by Gasteiger charge is -2.25. The molecule has 0 bridgehead atoms. The summed E-state index contributed by atoms with van der Waals surface area (Å²) in [7, 11) is 0. The summed E-state index contributed by atoms with van der Waals surface area (Å²) in [5.41, 5.74) is 0.130. The molecule has 1 nitrogen and oxygen atoms in total. The van der Waals surface area contributed by atoms with Gasteiger partial charge >= 0.3 is 0 Å². The van der Waals surface area contributed by atoms with E-state index in [1.165, 1.54) is 0 Å². The Bertz CT molecular complexity index is 318. The SMILES string of the molecule is CC(C)CCC(C)(O)c1cccc(Cl)c1. The lowest BCUT2D eigenvalue weighted by Crippen LogP contribution is -2.21. The highest BCUT2D eigenvalue weighted by Gasteiger charge is 2.22. The third kappa shape index (κ3) is 3.84. The average molecular weight is 227 g/mol. The highest BCUT2D eigenvalue weighted by molar-refractivity contribution is 6.30. The van der Waals surface area contributed by atoms with Crippen molar-refractivity contribution in [1.82, 2.24) is 0 Å². The fourth-order valence-corrected chi connectivity index (χ4v) is 1.73. The molecule has 1 N–H and O–H groups in total. The quantitative estimate of drug-likeness (QED) is 0.824. The summed E-state index contributed by atoms with van der Waals surface area (Å²) in [5, 5.41) is 11.0. The number of rotatable bonds is 4. The van der Waals surface area contributed by atoms with Crippen molar-refractivity contribution in [3.8, 4) is 0 Å². The van der Waals surface area contributed by atoms with Gasteiger partial charge < -0.3 is 5.11 Å². The zero-order chi connectivity index (χ0) is 11.5. The van der Waals surface area contributed by atoms with Crippen molar-refractivity contribution in [1.29, 1.82) is 0 Å². The Balaban J connectivity index is 2.76. The molecule has 1 atom stereocenters. The molecule has 0 aliphatic rings. The molecule has 0 aliphatic carbocycles. The molecular formula is C13H19ClO. The van der Waals surface area contributed by atoms with Crippen LogP contribution >= 0.6 is 11.6 Å². The monoisotopic (exact) mass is 226 g/mol. The lowest BCUT2D eigenvalue weighted by molar-refractivity contribution is 0.0420. The molecule has 0 saturated heterocycles. The van der Waals surface area contributed by atoms with Gasteiger partial charge in [0, 0.05) is 5.02 Å². The van der Waals surface area contributed by atoms with Crippen LogP contribution < -0.4 is 0 Å². The highest BCUT2D eigenvalue weighted by Crippen LogP contribution is 2.29. The van der Waals surface area contributed by atoms with E-state index in [9.17, 15) is 5.11 Å². The first-order chi connectivity index (χ1) is 6.92. The van der Waals surface area contributed by atoms with Crippen LogP contribution in [0.5, 0.6) is 0 Å². The van der Waals surface area contributed by atoms with Gasteiger partial charge in [0.1, 0.15) is 0 Å². The summed E-state index contributed by atoms with van der Waals surface area (Å²) in [5.74, 6) is 0.607. The molecule has 0 saturated carbocycles. The largest absolute Gasteiger partial charge is 0.385 e. The fourth-order valence-electron chi connectivity index (χ4n) is 1.54. The normalized spacial score (nSPS) is 15.3. The molecule has 2 heteroatoms. The average Bonchev–Trinajstić information content (AvgIpc) is 2.15. The van der Waals surface area contributed by atoms with Gasteiger partial charge in [-0.25, -0.2) is 0 Å². The topological polar surface area (TPSA) is 20.2 Å². The predicted octanol–water partition coefficient (Wildman–Crippen LogP) is 3.98. The van der Waals surface area contributed by atoms with Crippen molar-refractivity contribution in [3.63, 3.8) is 0 Å². The number of aliphatic hydroxyl groups is 1. The molecule has 1 aromatic carbocycles. The van der Waals surface area contributed by atoms with Crippen LogP contribution in [0.1, 0.15) is 39.2 Å². The predicted molar refractivity (Wildman–Crippen MR) is 65.1 cm³/mol. The van der Waals surface area contributed by atoms with Crippen molar-refractivity contribution < 1.29 is 5.11 Å². The minimum Gasteiger partial charge on any atom is -0.385 e. The molecule has 1 aromatic rings. The van der Waals surface area contributed by atoms with Crippen molar-refractivity contribution in [2.45, 2.75) is 39.2 Å². The zero-order valence-corrected chi connectivity index (χ0v) is 10.4. The number of benzene rings is 1. The first-order valence-corrected chi connectivity index (χ1v) is 5.78. The molecule has 15 heavy (non-hydrogen) atoms. The van der Waals surface area contributed by atoms with Crippen molar-refractivity contribution in [2.24, 2.45) is 5.92 Å². The summed E-state index contributed by atoms with van der Waals surface area (Å²) in [6.07, 6.45) is 1.78. The Kier molecular flexibility index (Phi) is 4.18. The maximum absolute atomic E-state index is 10.3. The van der Waals surface area contributed by atoms with E-state index in [-0.39, 0.29) is 0 Å². The van der Waals surface area contributed by atoms with Gasteiger partial charge in [-0.2, -0.15) is 0 Å². The second-order valence-corrected chi connectivity index (χ2v) is 5.15. The third-order valence-corrected chi connectivity index (χ3v) is 2.89. The maximum atomic E-state index is 10.3. The van der Waals surface area contributed by atoms with E-state index in [1.807, 2.05) is 31.2 Å². The van der Waals surface area contributed by atoms with E-state index in [0.717, 1.165) is 18.4 Å². The Labute approximate surface area is 97.1 Å². The first-order valence-electron chi connectivity index (χ1n) is 5.40. The van der Waals surface area contributed by atoms with Crippen LogP contribution in [0, 0.1) is 5.92 Å².